The smallest absolute Gasteiger partial charge is 0.306 e. The number of rotatable bonds is 8. The molecule has 0 radical (unpaired) electrons. The van der Waals surface area contributed by atoms with Gasteiger partial charge in [-0.1, -0.05) is 0 Å². The summed E-state index contributed by atoms with van der Waals surface area (Å²) >= 11 is 0. The Morgan fingerprint density at radius 1 is 1.57 bits per heavy atom. The van der Waals surface area contributed by atoms with Crippen molar-refractivity contribution in [1.29, 1.82) is 0 Å². The fraction of sp³-hybridized carbons (Fsp3) is 0.889. The largest absolute Gasteiger partial charge is 0.481 e. The topological polar surface area (TPSA) is 72.8 Å². The lowest BCUT2D eigenvalue weighted by Gasteiger charge is -2.19. The summed E-state index contributed by atoms with van der Waals surface area (Å²) in [5.41, 5.74) is 0. The number of carbonyl (C=O) groups is 1. The summed E-state index contributed by atoms with van der Waals surface area (Å²) in [4.78, 5) is 12.2. The number of carboxylic acid groups (broad SMARTS) is 1. The average Bonchev–Trinajstić information content (AvgIpc) is 2.02. The van der Waals surface area contributed by atoms with E-state index in [0.717, 1.165) is 19.5 Å². The second-order valence-electron chi connectivity index (χ2n) is 3.47. The molecular formula is C9H20N2O3. The van der Waals surface area contributed by atoms with Crippen LogP contribution in [0, 0.1) is 0 Å². The highest BCUT2D eigenvalue weighted by Gasteiger charge is 2.11. The van der Waals surface area contributed by atoms with Crippen LogP contribution in [0.25, 0.3) is 0 Å². The quantitative estimate of drug-likeness (QED) is 0.459. The Morgan fingerprint density at radius 2 is 2.21 bits per heavy atom. The maximum atomic E-state index is 10.3. The molecule has 0 aliphatic carbocycles. The number of nitrogens with zero attached hydrogens (tertiary/aromatic N) is 1. The maximum absolute atomic E-state index is 10.3. The molecular weight excluding hydrogens is 184 g/mol. The van der Waals surface area contributed by atoms with Crippen LogP contribution in [0.4, 0.5) is 0 Å². The minimum Gasteiger partial charge on any atom is -0.481 e. The summed E-state index contributed by atoms with van der Waals surface area (Å²) in [6.07, 6.45) is 0.0375. The van der Waals surface area contributed by atoms with Crippen LogP contribution in [0.1, 0.15) is 12.8 Å². The van der Waals surface area contributed by atoms with Crippen molar-refractivity contribution >= 4 is 5.97 Å². The summed E-state index contributed by atoms with van der Waals surface area (Å²) in [6.45, 7) is 2.20. The molecule has 0 bridgehead atoms. The monoisotopic (exact) mass is 204 g/mol. The first-order chi connectivity index (χ1) is 6.56. The van der Waals surface area contributed by atoms with Crippen LogP contribution in [0.5, 0.6) is 0 Å². The minimum atomic E-state index is -0.957. The number of nitrogens with one attached hydrogen (secondary N) is 1. The third kappa shape index (κ3) is 7.97. The van der Waals surface area contributed by atoms with Gasteiger partial charge in [0.05, 0.1) is 12.5 Å². The predicted molar refractivity (Wildman–Crippen MR) is 54.3 cm³/mol. The van der Waals surface area contributed by atoms with Gasteiger partial charge in [-0.05, 0) is 33.6 Å². The molecule has 14 heavy (non-hydrogen) atoms. The van der Waals surface area contributed by atoms with E-state index in [1.165, 1.54) is 0 Å². The highest BCUT2D eigenvalue weighted by atomic mass is 16.4. The molecule has 84 valence electrons. The minimum absolute atomic E-state index is 0.184. The van der Waals surface area contributed by atoms with Crippen molar-refractivity contribution in [3.63, 3.8) is 0 Å². The lowest BCUT2D eigenvalue weighted by molar-refractivity contribution is -0.139. The molecule has 0 spiro atoms. The molecule has 0 aliphatic rings. The van der Waals surface area contributed by atoms with Crippen LogP contribution in [-0.4, -0.2) is 60.9 Å². The highest BCUT2D eigenvalue weighted by Crippen LogP contribution is 1.95. The number of aliphatic hydroxyl groups is 1. The summed E-state index contributed by atoms with van der Waals surface area (Å²) in [6, 6.07) is 0. The molecule has 0 fully saturated rings. The van der Waals surface area contributed by atoms with E-state index in [0.29, 0.717) is 6.54 Å². The van der Waals surface area contributed by atoms with E-state index < -0.39 is 12.1 Å². The molecule has 0 heterocycles. The molecule has 0 aliphatic heterocycles. The van der Waals surface area contributed by atoms with Crippen molar-refractivity contribution in [3.8, 4) is 0 Å². The number of aliphatic carboxylic acids is 1. The van der Waals surface area contributed by atoms with Gasteiger partial charge in [-0.3, -0.25) is 4.79 Å². The Morgan fingerprint density at radius 3 is 2.71 bits per heavy atom. The fourth-order valence-corrected chi connectivity index (χ4v) is 1.24. The highest BCUT2D eigenvalue weighted by molar-refractivity contribution is 5.67. The maximum Gasteiger partial charge on any atom is 0.306 e. The second-order valence-corrected chi connectivity index (χ2v) is 3.47. The number of hydrogen-bond donors (Lipinski definition) is 3. The Kier molecular flexibility index (Phi) is 7.37. The first kappa shape index (κ1) is 13.4. The lowest BCUT2D eigenvalue weighted by Crippen LogP contribution is -2.32. The zero-order chi connectivity index (χ0) is 11.0. The fourth-order valence-electron chi connectivity index (χ4n) is 1.24. The van der Waals surface area contributed by atoms with E-state index in [1.807, 2.05) is 19.0 Å². The van der Waals surface area contributed by atoms with Crippen molar-refractivity contribution < 1.29 is 15.0 Å². The van der Waals surface area contributed by atoms with E-state index in [9.17, 15) is 9.90 Å². The molecule has 1 atom stereocenters. The molecule has 0 aromatic carbocycles. The van der Waals surface area contributed by atoms with E-state index in [1.54, 1.807) is 0 Å². The Balaban J connectivity index is 3.49. The molecule has 1 unspecified atom stereocenters. The van der Waals surface area contributed by atoms with Gasteiger partial charge in [0.2, 0.25) is 0 Å². The van der Waals surface area contributed by atoms with Crippen molar-refractivity contribution in [2.24, 2.45) is 0 Å². The Bertz CT molecular complexity index is 164. The van der Waals surface area contributed by atoms with Gasteiger partial charge in [0.25, 0.3) is 0 Å². The molecule has 0 rings (SSSR count). The van der Waals surface area contributed by atoms with Gasteiger partial charge >= 0.3 is 5.97 Å². The number of hydrogen-bond acceptors (Lipinski definition) is 4. The zero-order valence-electron chi connectivity index (χ0n) is 8.86. The molecule has 3 N–H and O–H groups in total. The van der Waals surface area contributed by atoms with Crippen LogP contribution in [0.2, 0.25) is 0 Å². The molecule has 0 amide bonds. The van der Waals surface area contributed by atoms with E-state index in [4.69, 9.17) is 5.11 Å². The van der Waals surface area contributed by atoms with Gasteiger partial charge in [-0.15, -0.1) is 0 Å². The van der Waals surface area contributed by atoms with Crippen molar-refractivity contribution in [1.82, 2.24) is 10.2 Å². The Hall–Kier alpha value is -0.650. The van der Waals surface area contributed by atoms with Gasteiger partial charge in [0.1, 0.15) is 0 Å². The van der Waals surface area contributed by atoms with Gasteiger partial charge in [0.15, 0.2) is 0 Å². The molecule has 0 aromatic rings. The van der Waals surface area contributed by atoms with E-state index >= 15 is 0 Å². The van der Waals surface area contributed by atoms with Gasteiger partial charge in [-0.25, -0.2) is 0 Å². The molecule has 0 saturated heterocycles. The van der Waals surface area contributed by atoms with E-state index in [2.05, 4.69) is 5.32 Å². The van der Waals surface area contributed by atoms with Crippen LogP contribution < -0.4 is 5.32 Å². The average molecular weight is 204 g/mol. The third-order valence-electron chi connectivity index (χ3n) is 1.90. The molecule has 5 nitrogen and oxygen atoms in total. The number of aliphatic hydroxyl groups excluding tert-OH is 1. The van der Waals surface area contributed by atoms with Gasteiger partial charge < -0.3 is 20.4 Å². The van der Waals surface area contributed by atoms with Gasteiger partial charge in [0, 0.05) is 6.54 Å². The summed E-state index contributed by atoms with van der Waals surface area (Å²) < 4.78 is 0. The Labute approximate surface area is 84.7 Å². The summed E-state index contributed by atoms with van der Waals surface area (Å²) in [5, 5.41) is 20.8. The van der Waals surface area contributed by atoms with Crippen LogP contribution in [0.15, 0.2) is 0 Å². The predicted octanol–water partition coefficient (Wildman–Crippen LogP) is -0.637. The standard InChI is InChI=1S/C9H20N2O3/c1-10-4-3-5-11(2)7-8(12)6-9(13)14/h8,10,12H,3-7H2,1-2H3,(H,13,14). The first-order valence-corrected chi connectivity index (χ1v) is 4.79. The lowest BCUT2D eigenvalue weighted by atomic mass is 10.2. The van der Waals surface area contributed by atoms with Crippen LogP contribution in [0.3, 0.4) is 0 Å². The summed E-state index contributed by atoms with van der Waals surface area (Å²) in [7, 11) is 3.76. The molecule has 0 saturated carbocycles. The third-order valence-corrected chi connectivity index (χ3v) is 1.90. The van der Waals surface area contributed by atoms with E-state index in [-0.39, 0.29) is 6.42 Å². The number of carboxylic acids is 1. The van der Waals surface area contributed by atoms with Crippen LogP contribution in [-0.2, 0) is 4.79 Å². The van der Waals surface area contributed by atoms with Crippen molar-refractivity contribution in [2.45, 2.75) is 18.9 Å². The summed E-state index contributed by atoms with van der Waals surface area (Å²) in [5.74, 6) is -0.957. The number of likely N-dealkylation sites (N-methyl/N-ethyl adjacent to an activating group) is 1. The first-order valence-electron chi connectivity index (χ1n) is 4.79. The SMILES string of the molecule is CNCCCN(C)CC(O)CC(=O)O. The molecule has 5 heteroatoms. The molecule has 0 aromatic heterocycles. The zero-order valence-corrected chi connectivity index (χ0v) is 8.86. The van der Waals surface area contributed by atoms with Crippen LogP contribution >= 0.6 is 0 Å². The van der Waals surface area contributed by atoms with Crippen molar-refractivity contribution in [2.75, 3.05) is 33.7 Å². The van der Waals surface area contributed by atoms with Gasteiger partial charge in [-0.2, -0.15) is 0 Å². The second kappa shape index (κ2) is 7.73. The normalized spacial score (nSPS) is 13.1. The van der Waals surface area contributed by atoms with Crippen molar-refractivity contribution in [3.05, 3.63) is 0 Å².